The van der Waals surface area contributed by atoms with E-state index >= 15 is 0 Å². The Morgan fingerprint density at radius 3 is 1.11 bits per heavy atom. The van der Waals surface area contributed by atoms with Gasteiger partial charge in [-0.05, 0) is 48.5 Å². The molecular weight excluding hydrogens is 368 g/mol. The maximum atomic E-state index is 12.1. The number of ether oxygens (including phenoxy) is 2. The summed E-state index contributed by atoms with van der Waals surface area (Å²) in [7, 11) is 0. The Bertz CT molecular complexity index is 916. The second kappa shape index (κ2) is 7.58. The van der Waals surface area contributed by atoms with Gasteiger partial charge in [0, 0.05) is 12.1 Å². The van der Waals surface area contributed by atoms with Crippen LogP contribution in [0.15, 0.2) is 60.7 Å². The van der Waals surface area contributed by atoms with Crippen LogP contribution >= 0.6 is 0 Å². The Morgan fingerprint density at radius 1 is 0.536 bits per heavy atom. The highest BCUT2D eigenvalue weighted by molar-refractivity contribution is 5.92. The van der Waals surface area contributed by atoms with Crippen molar-refractivity contribution >= 4 is 11.9 Å². The van der Waals surface area contributed by atoms with Crippen LogP contribution < -0.4 is 9.47 Å². The van der Waals surface area contributed by atoms with E-state index in [9.17, 15) is 30.0 Å². The molecule has 0 saturated carbocycles. The van der Waals surface area contributed by atoms with Gasteiger partial charge in [-0.2, -0.15) is 0 Å². The Hall–Kier alpha value is -4.20. The average Bonchev–Trinajstić information content (AvgIpc) is 2.61. The molecule has 0 aliphatic rings. The van der Waals surface area contributed by atoms with Crippen LogP contribution in [0.3, 0.4) is 0 Å². The van der Waals surface area contributed by atoms with Gasteiger partial charge in [0.1, 0.15) is 34.5 Å². The van der Waals surface area contributed by atoms with Gasteiger partial charge in [0.2, 0.25) is 0 Å². The summed E-state index contributed by atoms with van der Waals surface area (Å²) < 4.78 is 10.2. The number of aromatic hydroxyl groups is 4. The van der Waals surface area contributed by atoms with Gasteiger partial charge >= 0.3 is 11.9 Å². The molecule has 142 valence electrons. The summed E-state index contributed by atoms with van der Waals surface area (Å²) in [5.74, 6) is -2.46. The van der Waals surface area contributed by atoms with E-state index in [0.717, 1.165) is 36.4 Å². The minimum atomic E-state index is -0.800. The van der Waals surface area contributed by atoms with E-state index < -0.39 is 11.9 Å². The summed E-state index contributed by atoms with van der Waals surface area (Å²) in [6.45, 7) is 0. The summed E-state index contributed by atoms with van der Waals surface area (Å²) in [5.41, 5.74) is -0.0894. The van der Waals surface area contributed by atoms with Gasteiger partial charge < -0.3 is 29.9 Å². The van der Waals surface area contributed by atoms with E-state index in [1.807, 2.05) is 0 Å². The van der Waals surface area contributed by atoms with E-state index in [1.165, 1.54) is 24.3 Å². The van der Waals surface area contributed by atoms with Crippen molar-refractivity contribution in [3.63, 3.8) is 0 Å². The molecule has 0 spiro atoms. The number of hydrogen-bond donors (Lipinski definition) is 4. The van der Waals surface area contributed by atoms with E-state index in [-0.39, 0.29) is 45.6 Å². The molecule has 0 heterocycles. The number of hydrogen-bond acceptors (Lipinski definition) is 8. The summed E-state index contributed by atoms with van der Waals surface area (Å²) in [6.07, 6.45) is 0. The molecule has 0 aromatic heterocycles. The first-order chi connectivity index (χ1) is 13.3. The predicted octanol–water partition coefficient (Wildman–Crippen LogP) is 2.95. The first-order valence-corrected chi connectivity index (χ1v) is 7.90. The maximum Gasteiger partial charge on any atom is 0.343 e. The fourth-order valence-corrected chi connectivity index (χ4v) is 2.33. The SMILES string of the molecule is O=C(Oc1ccc(OC(=O)c2cc(O)cc(O)c2)cc1)c1cc(O)cc(O)c1. The minimum Gasteiger partial charge on any atom is -0.508 e. The van der Waals surface area contributed by atoms with Crippen LogP contribution in [0.5, 0.6) is 34.5 Å². The maximum absolute atomic E-state index is 12.1. The average molecular weight is 382 g/mol. The molecule has 4 N–H and O–H groups in total. The molecule has 8 heteroatoms. The lowest BCUT2D eigenvalue weighted by molar-refractivity contribution is 0.0719. The number of phenols is 4. The van der Waals surface area contributed by atoms with E-state index in [0.29, 0.717) is 0 Å². The number of phenolic OH excluding ortho intramolecular Hbond substituents is 4. The Labute approximate surface area is 158 Å². The van der Waals surface area contributed by atoms with Crippen molar-refractivity contribution in [1.29, 1.82) is 0 Å². The molecule has 28 heavy (non-hydrogen) atoms. The molecule has 0 radical (unpaired) electrons. The van der Waals surface area contributed by atoms with Crippen LogP contribution in [0, 0.1) is 0 Å². The number of rotatable bonds is 4. The van der Waals surface area contributed by atoms with Crippen molar-refractivity contribution < 1.29 is 39.5 Å². The number of esters is 2. The van der Waals surface area contributed by atoms with Crippen LogP contribution in [0.2, 0.25) is 0 Å². The van der Waals surface area contributed by atoms with E-state index in [4.69, 9.17) is 9.47 Å². The topological polar surface area (TPSA) is 134 Å². The molecule has 0 saturated heterocycles. The summed E-state index contributed by atoms with van der Waals surface area (Å²) in [4.78, 5) is 24.1. The third kappa shape index (κ3) is 4.50. The summed E-state index contributed by atoms with van der Waals surface area (Å²) in [5, 5.41) is 37.6. The lowest BCUT2D eigenvalue weighted by Crippen LogP contribution is -2.09. The van der Waals surface area contributed by atoms with Gasteiger partial charge in [-0.1, -0.05) is 0 Å². The molecular formula is C20H14O8. The highest BCUT2D eigenvalue weighted by Crippen LogP contribution is 2.25. The van der Waals surface area contributed by atoms with E-state index in [1.54, 1.807) is 0 Å². The largest absolute Gasteiger partial charge is 0.508 e. The second-order valence-corrected chi connectivity index (χ2v) is 5.73. The van der Waals surface area contributed by atoms with Crippen LogP contribution in [0.25, 0.3) is 0 Å². The molecule has 0 aliphatic heterocycles. The number of carbonyl (C=O) groups is 2. The molecule has 3 aromatic carbocycles. The van der Waals surface area contributed by atoms with Crippen molar-refractivity contribution in [3.8, 4) is 34.5 Å². The third-order valence-electron chi connectivity index (χ3n) is 3.52. The minimum absolute atomic E-state index is 0.0447. The van der Waals surface area contributed by atoms with Crippen LogP contribution in [0.4, 0.5) is 0 Å². The highest BCUT2D eigenvalue weighted by atomic mass is 16.5. The van der Waals surface area contributed by atoms with Crippen molar-refractivity contribution in [1.82, 2.24) is 0 Å². The monoisotopic (exact) mass is 382 g/mol. The van der Waals surface area contributed by atoms with Crippen molar-refractivity contribution in [2.24, 2.45) is 0 Å². The van der Waals surface area contributed by atoms with Crippen LogP contribution in [-0.4, -0.2) is 32.4 Å². The smallest absolute Gasteiger partial charge is 0.343 e. The summed E-state index contributed by atoms with van der Waals surface area (Å²) in [6, 6.07) is 12.2. The van der Waals surface area contributed by atoms with Crippen molar-refractivity contribution in [3.05, 3.63) is 71.8 Å². The number of benzene rings is 3. The second-order valence-electron chi connectivity index (χ2n) is 5.73. The molecule has 0 atom stereocenters. The molecule has 0 fully saturated rings. The number of carbonyl (C=O) groups excluding carboxylic acids is 2. The Balaban J connectivity index is 1.67. The zero-order chi connectivity index (χ0) is 20.3. The standard InChI is InChI=1S/C20H14O8/c21-13-5-11(6-14(22)9-13)19(25)27-17-1-2-18(4-3-17)28-20(26)12-7-15(23)10-16(24)8-12/h1-10,21-24H. The van der Waals surface area contributed by atoms with E-state index in [2.05, 4.69) is 0 Å². The fourth-order valence-electron chi connectivity index (χ4n) is 2.33. The van der Waals surface area contributed by atoms with Gasteiger partial charge in [0.25, 0.3) is 0 Å². The van der Waals surface area contributed by atoms with Crippen molar-refractivity contribution in [2.75, 3.05) is 0 Å². The molecule has 0 aliphatic carbocycles. The zero-order valence-corrected chi connectivity index (χ0v) is 14.2. The lowest BCUT2D eigenvalue weighted by atomic mass is 10.2. The first kappa shape index (κ1) is 18.6. The fraction of sp³-hybridized carbons (Fsp3) is 0. The Morgan fingerprint density at radius 2 is 0.821 bits per heavy atom. The van der Waals surface area contributed by atoms with Gasteiger partial charge in [-0.15, -0.1) is 0 Å². The predicted molar refractivity (Wildman–Crippen MR) is 95.9 cm³/mol. The normalized spacial score (nSPS) is 10.3. The van der Waals surface area contributed by atoms with Crippen LogP contribution in [-0.2, 0) is 0 Å². The van der Waals surface area contributed by atoms with Gasteiger partial charge in [0.05, 0.1) is 11.1 Å². The van der Waals surface area contributed by atoms with Gasteiger partial charge in [-0.25, -0.2) is 9.59 Å². The molecule has 3 rings (SSSR count). The molecule has 0 amide bonds. The van der Waals surface area contributed by atoms with Gasteiger partial charge in [0.15, 0.2) is 0 Å². The molecule has 0 bridgehead atoms. The molecule has 3 aromatic rings. The molecule has 8 nitrogen and oxygen atoms in total. The highest BCUT2D eigenvalue weighted by Gasteiger charge is 2.13. The van der Waals surface area contributed by atoms with Crippen molar-refractivity contribution in [2.45, 2.75) is 0 Å². The first-order valence-electron chi connectivity index (χ1n) is 7.90. The summed E-state index contributed by atoms with van der Waals surface area (Å²) >= 11 is 0. The third-order valence-corrected chi connectivity index (χ3v) is 3.52. The van der Waals surface area contributed by atoms with Crippen LogP contribution in [0.1, 0.15) is 20.7 Å². The molecule has 0 unspecified atom stereocenters. The zero-order valence-electron chi connectivity index (χ0n) is 14.2. The lowest BCUT2D eigenvalue weighted by Gasteiger charge is -2.08. The quantitative estimate of drug-likeness (QED) is 0.400. The van der Waals surface area contributed by atoms with Gasteiger partial charge in [-0.3, -0.25) is 0 Å². The Kier molecular flexibility index (Phi) is 5.03.